The van der Waals surface area contributed by atoms with Crippen LogP contribution >= 0.6 is 24.0 Å². The monoisotopic (exact) mass is 359 g/mol. The third-order valence-electron chi connectivity index (χ3n) is 1.95. The van der Waals surface area contributed by atoms with Gasteiger partial charge in [0.2, 0.25) is 0 Å². The van der Waals surface area contributed by atoms with E-state index in [9.17, 15) is 4.79 Å². The number of hydrogen-bond donors (Lipinski definition) is 2. The van der Waals surface area contributed by atoms with Crippen molar-refractivity contribution in [3.8, 4) is 0 Å². The van der Waals surface area contributed by atoms with Crippen molar-refractivity contribution < 1.29 is 14.3 Å². The van der Waals surface area contributed by atoms with Crippen LogP contribution in [0, 0.1) is 5.92 Å². The number of halogens is 1. The van der Waals surface area contributed by atoms with E-state index in [0.29, 0.717) is 19.1 Å². The lowest BCUT2D eigenvalue weighted by molar-refractivity contribution is -0.144. The maximum Gasteiger partial charge on any atom is 0.310 e. The van der Waals surface area contributed by atoms with E-state index >= 15 is 0 Å². The minimum atomic E-state index is -0.290. The summed E-state index contributed by atoms with van der Waals surface area (Å²) in [5, 5.41) is 2.94. The maximum atomic E-state index is 11.1. The molecule has 0 aliphatic carbocycles. The first-order valence-corrected chi connectivity index (χ1v) is 5.14. The number of guanidine groups is 1. The van der Waals surface area contributed by atoms with Gasteiger partial charge in [-0.1, -0.05) is 6.92 Å². The summed E-state index contributed by atoms with van der Waals surface area (Å²) in [5.41, 5.74) is 5.63. The Labute approximate surface area is 119 Å². The van der Waals surface area contributed by atoms with Crippen molar-refractivity contribution in [2.45, 2.75) is 19.9 Å². The highest BCUT2D eigenvalue weighted by Gasteiger charge is 2.12. The molecule has 0 aliphatic heterocycles. The number of nitrogens with two attached hydrogens (primary N) is 1. The van der Waals surface area contributed by atoms with Crippen LogP contribution in [0.25, 0.3) is 0 Å². The second-order valence-electron chi connectivity index (χ2n) is 3.65. The minimum absolute atomic E-state index is 0. The number of carbonyl (C=O) groups is 1. The average Bonchev–Trinajstić information content (AvgIpc) is 2.24. The van der Waals surface area contributed by atoms with Crippen LogP contribution in [0.2, 0.25) is 0 Å². The molecule has 102 valence electrons. The van der Waals surface area contributed by atoms with E-state index < -0.39 is 0 Å². The average molecular weight is 359 g/mol. The molecule has 0 bridgehead atoms. The number of nitrogens with one attached hydrogen (secondary N) is 1. The van der Waals surface area contributed by atoms with E-state index in [2.05, 4.69) is 15.0 Å². The first-order valence-electron chi connectivity index (χ1n) is 5.14. The molecular formula is C10H22IN3O3. The van der Waals surface area contributed by atoms with Gasteiger partial charge in [-0.05, 0) is 6.92 Å². The van der Waals surface area contributed by atoms with Gasteiger partial charge in [-0.15, -0.1) is 24.0 Å². The molecule has 6 nitrogen and oxygen atoms in total. The fourth-order valence-electron chi connectivity index (χ4n) is 1.10. The van der Waals surface area contributed by atoms with Gasteiger partial charge in [0.15, 0.2) is 5.96 Å². The summed E-state index contributed by atoms with van der Waals surface area (Å²) in [4.78, 5) is 15.1. The molecule has 0 aromatic rings. The van der Waals surface area contributed by atoms with E-state index in [4.69, 9.17) is 10.5 Å². The molecule has 0 aliphatic rings. The molecule has 0 aromatic carbocycles. The Bertz CT molecular complexity index is 249. The summed E-state index contributed by atoms with van der Waals surface area (Å²) in [6.07, 6.45) is 0. The van der Waals surface area contributed by atoms with E-state index in [0.717, 1.165) is 0 Å². The van der Waals surface area contributed by atoms with Gasteiger partial charge in [0.25, 0.3) is 0 Å². The molecule has 0 spiro atoms. The Kier molecular flexibility index (Phi) is 11.7. The maximum absolute atomic E-state index is 11.1. The van der Waals surface area contributed by atoms with Crippen molar-refractivity contribution in [2.75, 3.05) is 27.4 Å². The highest BCUT2D eigenvalue weighted by atomic mass is 127. The molecule has 2 atom stereocenters. The van der Waals surface area contributed by atoms with Gasteiger partial charge < -0.3 is 20.5 Å². The van der Waals surface area contributed by atoms with Crippen LogP contribution in [-0.2, 0) is 14.3 Å². The highest BCUT2D eigenvalue weighted by Crippen LogP contribution is 1.97. The van der Waals surface area contributed by atoms with Crippen molar-refractivity contribution in [3.05, 3.63) is 0 Å². The Morgan fingerprint density at radius 2 is 2.00 bits per heavy atom. The molecular weight excluding hydrogens is 337 g/mol. The summed E-state index contributed by atoms with van der Waals surface area (Å²) < 4.78 is 9.51. The Balaban J connectivity index is 0. The topological polar surface area (TPSA) is 85.9 Å². The SMILES string of the molecule is COCC(C)NC(N)=NCC(C)C(=O)OC.I. The number of carbonyl (C=O) groups excluding carboxylic acids is 1. The van der Waals surface area contributed by atoms with E-state index in [1.54, 1.807) is 14.0 Å². The zero-order valence-corrected chi connectivity index (χ0v) is 13.1. The molecule has 0 fully saturated rings. The summed E-state index contributed by atoms with van der Waals surface area (Å²) in [6.45, 7) is 4.52. The lowest BCUT2D eigenvalue weighted by Gasteiger charge is -2.13. The van der Waals surface area contributed by atoms with E-state index in [1.807, 2.05) is 6.92 Å². The smallest absolute Gasteiger partial charge is 0.310 e. The standard InChI is InChI=1S/C10H21N3O3.HI/c1-7(9(14)16-4)5-12-10(11)13-8(2)6-15-3;/h7-8H,5-6H2,1-4H3,(H3,11,12,13);1H. The number of nitrogens with zero attached hydrogens (tertiary/aromatic N) is 1. The lowest BCUT2D eigenvalue weighted by Crippen LogP contribution is -2.41. The van der Waals surface area contributed by atoms with E-state index in [1.165, 1.54) is 7.11 Å². The third kappa shape index (κ3) is 9.16. The van der Waals surface area contributed by atoms with Gasteiger partial charge in [-0.2, -0.15) is 0 Å². The van der Waals surface area contributed by atoms with Gasteiger partial charge in [-0.3, -0.25) is 9.79 Å². The predicted molar refractivity (Wildman–Crippen MR) is 77.6 cm³/mol. The third-order valence-corrected chi connectivity index (χ3v) is 1.95. The Morgan fingerprint density at radius 1 is 1.41 bits per heavy atom. The van der Waals surface area contributed by atoms with Crippen molar-refractivity contribution in [1.82, 2.24) is 5.32 Å². The van der Waals surface area contributed by atoms with Gasteiger partial charge >= 0.3 is 5.97 Å². The molecule has 17 heavy (non-hydrogen) atoms. The molecule has 0 aromatic heterocycles. The number of methoxy groups -OCH3 is 2. The molecule has 7 heteroatoms. The molecule has 0 rings (SSSR count). The molecule has 2 unspecified atom stereocenters. The summed E-state index contributed by atoms with van der Waals surface area (Å²) >= 11 is 0. The lowest BCUT2D eigenvalue weighted by atomic mass is 10.2. The fourth-order valence-corrected chi connectivity index (χ4v) is 1.10. The molecule has 0 radical (unpaired) electrons. The highest BCUT2D eigenvalue weighted by molar-refractivity contribution is 14.0. The van der Waals surface area contributed by atoms with Crippen molar-refractivity contribution in [1.29, 1.82) is 0 Å². The van der Waals surface area contributed by atoms with Crippen LogP contribution in [0.3, 0.4) is 0 Å². The summed E-state index contributed by atoms with van der Waals surface area (Å²) in [7, 11) is 2.97. The van der Waals surface area contributed by atoms with Gasteiger partial charge in [0.1, 0.15) is 0 Å². The second-order valence-corrected chi connectivity index (χ2v) is 3.65. The Morgan fingerprint density at radius 3 is 2.47 bits per heavy atom. The normalized spacial score (nSPS) is 14.5. The summed E-state index contributed by atoms with van der Waals surface area (Å²) in [6, 6.07) is 0.0854. The summed E-state index contributed by atoms with van der Waals surface area (Å²) in [5.74, 6) is -0.273. The van der Waals surface area contributed by atoms with Crippen molar-refractivity contribution >= 4 is 35.9 Å². The quantitative estimate of drug-likeness (QED) is 0.309. The Hall–Kier alpha value is -0.570. The zero-order chi connectivity index (χ0) is 12.6. The second kappa shape index (κ2) is 10.6. The molecule has 0 heterocycles. The molecule has 0 saturated carbocycles. The number of aliphatic imine (C=N–C) groups is 1. The first-order chi connectivity index (χ1) is 7.51. The molecule has 0 saturated heterocycles. The van der Waals surface area contributed by atoms with Crippen LogP contribution < -0.4 is 11.1 Å². The largest absolute Gasteiger partial charge is 0.469 e. The van der Waals surface area contributed by atoms with Crippen LogP contribution in [0.5, 0.6) is 0 Å². The predicted octanol–water partition coefficient (Wildman–Crippen LogP) is 0.353. The van der Waals surface area contributed by atoms with Crippen LogP contribution in [-0.4, -0.2) is 45.3 Å². The van der Waals surface area contributed by atoms with Crippen molar-refractivity contribution in [2.24, 2.45) is 16.6 Å². The number of esters is 1. The van der Waals surface area contributed by atoms with Crippen LogP contribution in [0.15, 0.2) is 4.99 Å². The van der Waals surface area contributed by atoms with Gasteiger partial charge in [-0.25, -0.2) is 0 Å². The van der Waals surface area contributed by atoms with Gasteiger partial charge in [0.05, 0.1) is 26.2 Å². The molecule has 3 N–H and O–H groups in total. The first kappa shape index (κ1) is 18.8. The molecule has 0 amide bonds. The number of ether oxygens (including phenoxy) is 2. The van der Waals surface area contributed by atoms with Crippen molar-refractivity contribution in [3.63, 3.8) is 0 Å². The zero-order valence-electron chi connectivity index (χ0n) is 10.7. The van der Waals surface area contributed by atoms with Gasteiger partial charge in [0, 0.05) is 13.2 Å². The van der Waals surface area contributed by atoms with E-state index in [-0.39, 0.29) is 41.9 Å². The van der Waals surface area contributed by atoms with Crippen LogP contribution in [0.4, 0.5) is 0 Å². The number of rotatable bonds is 6. The van der Waals surface area contributed by atoms with Crippen LogP contribution in [0.1, 0.15) is 13.8 Å². The number of hydrogen-bond acceptors (Lipinski definition) is 4. The minimum Gasteiger partial charge on any atom is -0.469 e. The fraction of sp³-hybridized carbons (Fsp3) is 0.800.